The molecule has 1 aromatic heterocycles. The number of methoxy groups -OCH3 is 1. The molecule has 5 heteroatoms. The van der Waals surface area contributed by atoms with Crippen molar-refractivity contribution in [3.63, 3.8) is 0 Å². The van der Waals surface area contributed by atoms with Crippen molar-refractivity contribution in [1.29, 1.82) is 0 Å². The highest BCUT2D eigenvalue weighted by molar-refractivity contribution is 6.30. The van der Waals surface area contributed by atoms with E-state index in [1.165, 1.54) is 7.11 Å². The van der Waals surface area contributed by atoms with Gasteiger partial charge in [-0.3, -0.25) is 9.78 Å². The summed E-state index contributed by atoms with van der Waals surface area (Å²) in [6.07, 6.45) is 1.70. The summed E-state index contributed by atoms with van der Waals surface area (Å²) in [5.74, 6) is 0.285. The van der Waals surface area contributed by atoms with Crippen LogP contribution in [0.2, 0.25) is 5.02 Å². The molecule has 0 atom stereocenters. The van der Waals surface area contributed by atoms with Gasteiger partial charge in [0, 0.05) is 28.2 Å². The molecular formula is C17H13ClN2O2. The largest absolute Gasteiger partial charge is 0.495 e. The summed E-state index contributed by atoms with van der Waals surface area (Å²) < 4.78 is 5.22. The Hall–Kier alpha value is -2.59. The van der Waals surface area contributed by atoms with Gasteiger partial charge in [-0.05, 0) is 30.3 Å². The number of aromatic nitrogens is 1. The van der Waals surface area contributed by atoms with Crippen molar-refractivity contribution in [2.24, 2.45) is 0 Å². The molecule has 110 valence electrons. The number of hydrogen-bond acceptors (Lipinski definition) is 3. The third-order valence-electron chi connectivity index (χ3n) is 3.28. The fourth-order valence-corrected chi connectivity index (χ4v) is 2.33. The number of nitrogens with zero attached hydrogens (tertiary/aromatic N) is 1. The molecule has 3 rings (SSSR count). The highest BCUT2D eigenvalue weighted by atomic mass is 35.5. The minimum atomic E-state index is -0.229. The molecule has 0 spiro atoms. The lowest BCUT2D eigenvalue weighted by Gasteiger charge is -2.10. The Bertz CT molecular complexity index is 849. The zero-order valence-corrected chi connectivity index (χ0v) is 12.6. The lowest BCUT2D eigenvalue weighted by molar-refractivity contribution is 0.102. The van der Waals surface area contributed by atoms with Crippen LogP contribution in [0.3, 0.4) is 0 Å². The van der Waals surface area contributed by atoms with Crippen LogP contribution in [0.15, 0.2) is 54.7 Å². The van der Waals surface area contributed by atoms with E-state index in [0.29, 0.717) is 22.0 Å². The van der Waals surface area contributed by atoms with Crippen LogP contribution in [-0.2, 0) is 0 Å². The zero-order chi connectivity index (χ0) is 15.5. The Kier molecular flexibility index (Phi) is 3.94. The minimum absolute atomic E-state index is 0.229. The Labute approximate surface area is 132 Å². The van der Waals surface area contributed by atoms with E-state index >= 15 is 0 Å². The van der Waals surface area contributed by atoms with Crippen LogP contribution >= 0.6 is 11.6 Å². The molecule has 0 aliphatic heterocycles. The van der Waals surface area contributed by atoms with Gasteiger partial charge in [-0.1, -0.05) is 23.7 Å². The van der Waals surface area contributed by atoms with E-state index in [-0.39, 0.29) is 5.91 Å². The first-order valence-corrected chi connectivity index (χ1v) is 7.05. The highest BCUT2D eigenvalue weighted by Crippen LogP contribution is 2.28. The second kappa shape index (κ2) is 6.03. The molecule has 1 amide bonds. The van der Waals surface area contributed by atoms with Gasteiger partial charge in [-0.15, -0.1) is 0 Å². The molecule has 4 nitrogen and oxygen atoms in total. The molecule has 1 heterocycles. The Balaban J connectivity index is 1.90. The maximum atomic E-state index is 12.4. The van der Waals surface area contributed by atoms with Crippen molar-refractivity contribution >= 4 is 34.1 Å². The van der Waals surface area contributed by atoms with Crippen molar-refractivity contribution in [3.05, 3.63) is 65.3 Å². The highest BCUT2D eigenvalue weighted by Gasteiger charge is 2.11. The van der Waals surface area contributed by atoms with Crippen LogP contribution in [0.5, 0.6) is 5.75 Å². The van der Waals surface area contributed by atoms with Gasteiger partial charge in [0.25, 0.3) is 5.91 Å². The second-order valence-electron chi connectivity index (χ2n) is 4.71. The van der Waals surface area contributed by atoms with Crippen molar-refractivity contribution in [1.82, 2.24) is 4.98 Å². The summed E-state index contributed by atoms with van der Waals surface area (Å²) in [4.78, 5) is 16.6. The number of hydrogen-bond donors (Lipinski definition) is 1. The monoisotopic (exact) mass is 312 g/mol. The number of rotatable bonds is 3. The standard InChI is InChI=1S/C17H13ClN2O2/c1-22-16-10-13(18)6-7-14(16)20-17(21)12-5-4-11-3-2-8-19-15(11)9-12/h2-10H,1H3,(H,20,21). The molecule has 0 saturated carbocycles. The predicted octanol–water partition coefficient (Wildman–Crippen LogP) is 4.15. The summed E-state index contributed by atoms with van der Waals surface area (Å²) in [5, 5.41) is 4.35. The maximum absolute atomic E-state index is 12.4. The Morgan fingerprint density at radius 3 is 2.86 bits per heavy atom. The predicted molar refractivity (Wildman–Crippen MR) is 87.7 cm³/mol. The number of pyridine rings is 1. The molecular weight excluding hydrogens is 300 g/mol. The first-order valence-electron chi connectivity index (χ1n) is 6.67. The SMILES string of the molecule is COc1cc(Cl)ccc1NC(=O)c1ccc2cccnc2c1. The summed E-state index contributed by atoms with van der Waals surface area (Å²) in [6.45, 7) is 0. The van der Waals surface area contributed by atoms with Gasteiger partial charge in [-0.2, -0.15) is 0 Å². The Morgan fingerprint density at radius 2 is 2.05 bits per heavy atom. The molecule has 0 aliphatic rings. The number of carbonyl (C=O) groups is 1. The minimum Gasteiger partial charge on any atom is -0.495 e. The van der Waals surface area contributed by atoms with Crippen LogP contribution in [0.4, 0.5) is 5.69 Å². The van der Waals surface area contributed by atoms with Crippen molar-refractivity contribution in [2.75, 3.05) is 12.4 Å². The zero-order valence-electron chi connectivity index (χ0n) is 11.8. The second-order valence-corrected chi connectivity index (χ2v) is 5.15. The number of fused-ring (bicyclic) bond motifs is 1. The number of carbonyl (C=O) groups excluding carboxylic acids is 1. The molecule has 0 bridgehead atoms. The summed E-state index contributed by atoms with van der Waals surface area (Å²) in [5.41, 5.74) is 1.87. The van der Waals surface area contributed by atoms with E-state index in [0.717, 1.165) is 10.9 Å². The van der Waals surface area contributed by atoms with Crippen LogP contribution < -0.4 is 10.1 Å². The maximum Gasteiger partial charge on any atom is 0.255 e. The lowest BCUT2D eigenvalue weighted by Crippen LogP contribution is -2.12. The van der Waals surface area contributed by atoms with Gasteiger partial charge < -0.3 is 10.1 Å². The molecule has 0 saturated heterocycles. The van der Waals surface area contributed by atoms with Crippen LogP contribution in [0.1, 0.15) is 10.4 Å². The number of amides is 1. The lowest BCUT2D eigenvalue weighted by atomic mass is 10.1. The number of anilines is 1. The number of benzene rings is 2. The topological polar surface area (TPSA) is 51.2 Å². The normalized spacial score (nSPS) is 10.5. The smallest absolute Gasteiger partial charge is 0.255 e. The first kappa shape index (κ1) is 14.4. The van der Waals surface area contributed by atoms with Gasteiger partial charge in [0.05, 0.1) is 18.3 Å². The third kappa shape index (κ3) is 2.87. The van der Waals surface area contributed by atoms with E-state index in [1.54, 1.807) is 36.5 Å². The number of halogens is 1. The number of nitrogens with one attached hydrogen (secondary N) is 1. The number of ether oxygens (including phenoxy) is 1. The fraction of sp³-hybridized carbons (Fsp3) is 0.0588. The summed E-state index contributed by atoms with van der Waals surface area (Å²) >= 11 is 5.91. The van der Waals surface area contributed by atoms with Gasteiger partial charge in [0.2, 0.25) is 0 Å². The molecule has 2 aromatic carbocycles. The van der Waals surface area contributed by atoms with Crippen molar-refractivity contribution < 1.29 is 9.53 Å². The van der Waals surface area contributed by atoms with E-state index in [1.807, 2.05) is 18.2 Å². The van der Waals surface area contributed by atoms with Crippen LogP contribution in [-0.4, -0.2) is 18.0 Å². The van der Waals surface area contributed by atoms with Gasteiger partial charge >= 0.3 is 0 Å². The molecule has 0 radical (unpaired) electrons. The molecule has 0 aliphatic carbocycles. The van der Waals surface area contributed by atoms with Crippen molar-refractivity contribution in [2.45, 2.75) is 0 Å². The van der Waals surface area contributed by atoms with Crippen LogP contribution in [0, 0.1) is 0 Å². The average molecular weight is 313 g/mol. The Morgan fingerprint density at radius 1 is 1.18 bits per heavy atom. The fourth-order valence-electron chi connectivity index (χ4n) is 2.17. The van der Waals surface area contributed by atoms with Gasteiger partial charge in [-0.25, -0.2) is 0 Å². The average Bonchev–Trinajstić information content (AvgIpc) is 2.55. The molecule has 0 fully saturated rings. The van der Waals surface area contributed by atoms with Gasteiger partial charge in [0.1, 0.15) is 5.75 Å². The summed E-state index contributed by atoms with van der Waals surface area (Å²) in [7, 11) is 1.53. The van der Waals surface area contributed by atoms with Crippen LogP contribution in [0.25, 0.3) is 10.9 Å². The first-order chi connectivity index (χ1) is 10.7. The van der Waals surface area contributed by atoms with Crippen molar-refractivity contribution in [3.8, 4) is 5.75 Å². The van der Waals surface area contributed by atoms with Gasteiger partial charge in [0.15, 0.2) is 0 Å². The van der Waals surface area contributed by atoms with E-state index in [9.17, 15) is 4.79 Å². The molecule has 22 heavy (non-hydrogen) atoms. The van der Waals surface area contributed by atoms with E-state index < -0.39 is 0 Å². The van der Waals surface area contributed by atoms with E-state index in [2.05, 4.69) is 10.3 Å². The molecule has 3 aromatic rings. The molecule has 0 unspecified atom stereocenters. The molecule has 1 N–H and O–H groups in total. The summed E-state index contributed by atoms with van der Waals surface area (Å²) in [6, 6.07) is 14.3. The third-order valence-corrected chi connectivity index (χ3v) is 3.51. The quantitative estimate of drug-likeness (QED) is 0.790. The van der Waals surface area contributed by atoms with E-state index in [4.69, 9.17) is 16.3 Å².